The second-order valence-electron chi connectivity index (χ2n) is 7.49. The van der Waals surface area contributed by atoms with E-state index in [2.05, 4.69) is 21.9 Å². The number of carbonyl (C=O) groups excluding carboxylic acids is 1. The topological polar surface area (TPSA) is 58.0 Å². The van der Waals surface area contributed by atoms with E-state index in [4.69, 9.17) is 4.74 Å². The van der Waals surface area contributed by atoms with Crippen LogP contribution in [0.15, 0.2) is 35.6 Å². The molecule has 0 aliphatic rings. The van der Waals surface area contributed by atoms with Crippen molar-refractivity contribution < 1.29 is 13.9 Å². The summed E-state index contributed by atoms with van der Waals surface area (Å²) in [6.45, 7) is 10.0. The minimum atomic E-state index is -0.441. The number of hydrazone groups is 1. The molecule has 0 aliphatic heterocycles. The van der Waals surface area contributed by atoms with Gasteiger partial charge in [-0.3, -0.25) is 9.80 Å². The fourth-order valence-electron chi connectivity index (χ4n) is 3.08. The summed E-state index contributed by atoms with van der Waals surface area (Å²) in [5, 5.41) is 5.80. The SMILES string of the molecule is CCC#C/C=N\N(C)c1cc(C)c(F)cc1C(=O)N(CC)C(C)COc1ccc(C)cn1. The Morgan fingerprint density at radius 3 is 2.69 bits per heavy atom. The Morgan fingerprint density at radius 1 is 1.31 bits per heavy atom. The molecule has 6 nitrogen and oxygen atoms in total. The van der Waals surface area contributed by atoms with Crippen LogP contribution >= 0.6 is 0 Å². The monoisotopic (exact) mass is 438 g/mol. The molecule has 1 unspecified atom stereocenters. The average molecular weight is 439 g/mol. The molecule has 2 rings (SSSR count). The quantitative estimate of drug-likeness (QED) is 0.343. The van der Waals surface area contributed by atoms with Crippen LogP contribution in [0.2, 0.25) is 0 Å². The number of amides is 1. The van der Waals surface area contributed by atoms with E-state index in [1.165, 1.54) is 17.3 Å². The summed E-state index contributed by atoms with van der Waals surface area (Å²) >= 11 is 0. The van der Waals surface area contributed by atoms with Crippen molar-refractivity contribution in [2.24, 2.45) is 5.10 Å². The fraction of sp³-hybridized carbons (Fsp3) is 0.400. The summed E-state index contributed by atoms with van der Waals surface area (Å²) in [4.78, 5) is 19.3. The third-order valence-electron chi connectivity index (χ3n) is 4.92. The molecular weight excluding hydrogens is 407 g/mol. The maximum atomic E-state index is 14.4. The highest BCUT2D eigenvalue weighted by Crippen LogP contribution is 2.26. The lowest BCUT2D eigenvalue weighted by Gasteiger charge is -2.29. The molecule has 0 aliphatic carbocycles. The number of aryl methyl sites for hydroxylation is 2. The first kappa shape index (κ1) is 24.9. The number of likely N-dealkylation sites (N-methyl/N-ethyl adjacent to an activating group) is 1. The normalized spacial score (nSPS) is 11.6. The van der Waals surface area contributed by atoms with Gasteiger partial charge in [-0.15, -0.1) is 0 Å². The smallest absolute Gasteiger partial charge is 0.256 e. The number of benzene rings is 1. The van der Waals surface area contributed by atoms with E-state index in [0.717, 1.165) is 12.0 Å². The van der Waals surface area contributed by atoms with Gasteiger partial charge in [0.05, 0.1) is 23.5 Å². The molecule has 32 heavy (non-hydrogen) atoms. The minimum absolute atomic E-state index is 0.235. The first-order valence-electron chi connectivity index (χ1n) is 10.7. The van der Waals surface area contributed by atoms with Crippen molar-refractivity contribution in [2.45, 2.75) is 47.1 Å². The van der Waals surface area contributed by atoms with E-state index >= 15 is 0 Å². The summed E-state index contributed by atoms with van der Waals surface area (Å²) in [5.41, 5.74) is 2.22. The Bertz CT molecular complexity index is 1010. The van der Waals surface area contributed by atoms with E-state index in [1.54, 1.807) is 37.2 Å². The number of halogens is 1. The predicted octanol–water partition coefficient (Wildman–Crippen LogP) is 4.60. The second kappa shape index (κ2) is 11.8. The molecule has 1 aromatic carbocycles. The molecule has 0 bridgehead atoms. The summed E-state index contributed by atoms with van der Waals surface area (Å²) in [6, 6.07) is 6.35. The van der Waals surface area contributed by atoms with Crippen molar-refractivity contribution in [3.05, 3.63) is 53.0 Å². The Hall–Kier alpha value is -3.40. The molecule has 170 valence electrons. The van der Waals surface area contributed by atoms with Crippen LogP contribution in [-0.2, 0) is 0 Å². The van der Waals surface area contributed by atoms with Gasteiger partial charge in [-0.1, -0.05) is 24.8 Å². The highest BCUT2D eigenvalue weighted by molar-refractivity contribution is 6.00. The first-order valence-corrected chi connectivity index (χ1v) is 10.7. The molecule has 0 saturated heterocycles. The second-order valence-corrected chi connectivity index (χ2v) is 7.49. The maximum absolute atomic E-state index is 14.4. The van der Waals surface area contributed by atoms with E-state index in [-0.39, 0.29) is 24.1 Å². The van der Waals surface area contributed by atoms with Crippen LogP contribution in [0.5, 0.6) is 5.88 Å². The number of ether oxygens (including phenoxy) is 1. The molecule has 1 aromatic heterocycles. The van der Waals surface area contributed by atoms with Gasteiger partial charge in [0.15, 0.2) is 0 Å². The van der Waals surface area contributed by atoms with Crippen LogP contribution in [0.4, 0.5) is 10.1 Å². The van der Waals surface area contributed by atoms with Gasteiger partial charge < -0.3 is 9.64 Å². The lowest BCUT2D eigenvalue weighted by Crippen LogP contribution is -2.42. The van der Waals surface area contributed by atoms with Crippen molar-refractivity contribution in [3.63, 3.8) is 0 Å². The van der Waals surface area contributed by atoms with E-state index in [9.17, 15) is 9.18 Å². The molecule has 1 atom stereocenters. The first-order chi connectivity index (χ1) is 15.3. The molecule has 0 spiro atoms. The van der Waals surface area contributed by atoms with Gasteiger partial charge in [0.2, 0.25) is 5.88 Å². The number of hydrogen-bond acceptors (Lipinski definition) is 5. The zero-order chi connectivity index (χ0) is 23.7. The minimum Gasteiger partial charge on any atom is -0.475 e. The molecule has 1 amide bonds. The van der Waals surface area contributed by atoms with Gasteiger partial charge in [0.1, 0.15) is 12.4 Å². The number of rotatable bonds is 8. The lowest BCUT2D eigenvalue weighted by molar-refractivity contribution is 0.0646. The zero-order valence-corrected chi connectivity index (χ0v) is 19.6. The number of aromatic nitrogens is 1. The Morgan fingerprint density at radius 2 is 2.06 bits per heavy atom. The van der Waals surface area contributed by atoms with Crippen LogP contribution < -0.4 is 9.75 Å². The number of carbonyl (C=O) groups is 1. The predicted molar refractivity (Wildman–Crippen MR) is 127 cm³/mol. The Balaban J connectivity index is 2.26. The van der Waals surface area contributed by atoms with Crippen molar-refractivity contribution in [2.75, 3.05) is 25.2 Å². The number of nitrogens with zero attached hydrogens (tertiary/aromatic N) is 4. The highest BCUT2D eigenvalue weighted by Gasteiger charge is 2.25. The van der Waals surface area contributed by atoms with Crippen molar-refractivity contribution in [3.8, 4) is 17.7 Å². The van der Waals surface area contributed by atoms with Crippen LogP contribution in [0.25, 0.3) is 0 Å². The summed E-state index contributed by atoms with van der Waals surface area (Å²) < 4.78 is 20.2. The Labute approximate surface area is 190 Å². The van der Waals surface area contributed by atoms with Gasteiger partial charge in [0.25, 0.3) is 5.91 Å². The van der Waals surface area contributed by atoms with E-state index < -0.39 is 5.82 Å². The fourth-order valence-corrected chi connectivity index (χ4v) is 3.08. The standard InChI is InChI=1S/C25H31FN4O2/c1-7-9-10-13-28-29(6)23-14-19(4)22(26)15-21(23)25(31)30(8-2)20(5)17-32-24-12-11-18(3)16-27-24/h11-16,20H,7-8,17H2,1-6H3/b28-13-. The summed E-state index contributed by atoms with van der Waals surface area (Å²) in [7, 11) is 1.71. The molecule has 0 saturated carbocycles. The molecule has 1 heterocycles. The molecule has 0 radical (unpaired) electrons. The van der Waals surface area contributed by atoms with Crippen LogP contribution in [0.3, 0.4) is 0 Å². The Kier molecular flexibility index (Phi) is 9.21. The van der Waals surface area contributed by atoms with Crippen molar-refractivity contribution in [1.29, 1.82) is 0 Å². The molecule has 7 heteroatoms. The van der Waals surface area contributed by atoms with Crippen LogP contribution in [0, 0.1) is 31.5 Å². The maximum Gasteiger partial charge on any atom is 0.256 e. The highest BCUT2D eigenvalue weighted by atomic mass is 19.1. The number of hydrogen-bond donors (Lipinski definition) is 0. The molecule has 0 fully saturated rings. The lowest BCUT2D eigenvalue weighted by atomic mass is 10.1. The van der Waals surface area contributed by atoms with E-state index in [0.29, 0.717) is 23.7 Å². The van der Waals surface area contributed by atoms with E-state index in [1.807, 2.05) is 33.8 Å². The third-order valence-corrected chi connectivity index (χ3v) is 4.92. The van der Waals surface area contributed by atoms with Gasteiger partial charge in [-0.05, 0) is 51.0 Å². The summed E-state index contributed by atoms with van der Waals surface area (Å²) in [6.07, 6.45) is 3.92. The molecule has 0 N–H and O–H groups in total. The van der Waals surface area contributed by atoms with Crippen LogP contribution in [0.1, 0.15) is 48.7 Å². The average Bonchev–Trinajstić information content (AvgIpc) is 2.78. The number of anilines is 1. The van der Waals surface area contributed by atoms with Gasteiger partial charge >= 0.3 is 0 Å². The largest absolute Gasteiger partial charge is 0.475 e. The zero-order valence-electron chi connectivity index (χ0n) is 19.6. The van der Waals surface area contributed by atoms with Gasteiger partial charge in [0, 0.05) is 32.3 Å². The van der Waals surface area contributed by atoms with Crippen molar-refractivity contribution in [1.82, 2.24) is 9.88 Å². The van der Waals surface area contributed by atoms with Gasteiger partial charge in [-0.25, -0.2) is 9.37 Å². The number of pyridine rings is 1. The molecule has 2 aromatic rings. The third kappa shape index (κ3) is 6.55. The summed E-state index contributed by atoms with van der Waals surface area (Å²) in [5.74, 6) is 5.49. The van der Waals surface area contributed by atoms with Gasteiger partial charge in [-0.2, -0.15) is 5.10 Å². The molecular formula is C25H31FN4O2. The van der Waals surface area contributed by atoms with Crippen molar-refractivity contribution >= 4 is 17.8 Å². The van der Waals surface area contributed by atoms with Crippen LogP contribution in [-0.4, -0.2) is 48.2 Å².